The summed E-state index contributed by atoms with van der Waals surface area (Å²) < 4.78 is 0. The zero-order chi connectivity index (χ0) is 9.26. The normalized spacial score (nSPS) is 16.6. The SMILES string of the molecule is O=C1CSCN1C(=O)c1cccs1. The predicted octanol–water partition coefficient (Wildman–Crippen LogP) is 1.42. The van der Waals surface area contributed by atoms with Crippen molar-refractivity contribution in [3.8, 4) is 0 Å². The van der Waals surface area contributed by atoms with E-state index in [0.29, 0.717) is 16.5 Å². The molecule has 5 heteroatoms. The summed E-state index contributed by atoms with van der Waals surface area (Å²) in [7, 11) is 0. The minimum Gasteiger partial charge on any atom is -0.273 e. The van der Waals surface area contributed by atoms with Crippen LogP contribution in [-0.4, -0.2) is 28.3 Å². The van der Waals surface area contributed by atoms with E-state index in [-0.39, 0.29) is 11.8 Å². The molecule has 0 atom stereocenters. The summed E-state index contributed by atoms with van der Waals surface area (Å²) in [6.07, 6.45) is 0. The minimum absolute atomic E-state index is 0.0802. The smallest absolute Gasteiger partial charge is 0.271 e. The third kappa shape index (κ3) is 1.62. The molecule has 13 heavy (non-hydrogen) atoms. The number of thioether (sulfide) groups is 1. The fourth-order valence-electron chi connectivity index (χ4n) is 1.08. The van der Waals surface area contributed by atoms with Gasteiger partial charge in [0.2, 0.25) is 5.91 Å². The Morgan fingerprint density at radius 1 is 1.54 bits per heavy atom. The summed E-state index contributed by atoms with van der Waals surface area (Å²) in [6.45, 7) is 0. The highest BCUT2D eigenvalue weighted by atomic mass is 32.2. The zero-order valence-electron chi connectivity index (χ0n) is 6.73. The van der Waals surface area contributed by atoms with Gasteiger partial charge in [0, 0.05) is 0 Å². The molecule has 1 aromatic rings. The first-order chi connectivity index (χ1) is 6.29. The maximum Gasteiger partial charge on any atom is 0.271 e. The second-order valence-corrected chi connectivity index (χ2v) is 4.48. The molecule has 2 rings (SSSR count). The molecular formula is C8H7NO2S2. The van der Waals surface area contributed by atoms with Gasteiger partial charge in [0.05, 0.1) is 16.5 Å². The Balaban J connectivity index is 2.18. The summed E-state index contributed by atoms with van der Waals surface area (Å²) >= 11 is 2.84. The van der Waals surface area contributed by atoms with Gasteiger partial charge >= 0.3 is 0 Å². The van der Waals surface area contributed by atoms with Crippen molar-refractivity contribution in [1.82, 2.24) is 4.90 Å². The lowest BCUT2D eigenvalue weighted by Crippen LogP contribution is -2.31. The summed E-state index contributed by atoms with van der Waals surface area (Å²) in [5, 5.41) is 1.83. The van der Waals surface area contributed by atoms with E-state index >= 15 is 0 Å². The molecule has 0 aliphatic carbocycles. The molecule has 1 aromatic heterocycles. The van der Waals surface area contributed by atoms with Gasteiger partial charge in [0.1, 0.15) is 0 Å². The number of imide groups is 1. The van der Waals surface area contributed by atoms with Crippen LogP contribution in [0.5, 0.6) is 0 Å². The number of carbonyl (C=O) groups is 2. The molecule has 1 aliphatic rings. The fourth-order valence-corrected chi connectivity index (χ4v) is 2.62. The van der Waals surface area contributed by atoms with E-state index in [4.69, 9.17) is 0 Å². The summed E-state index contributed by atoms with van der Waals surface area (Å²) in [4.78, 5) is 24.8. The average molecular weight is 213 g/mol. The molecule has 2 amide bonds. The van der Waals surface area contributed by atoms with Crippen molar-refractivity contribution in [1.29, 1.82) is 0 Å². The zero-order valence-corrected chi connectivity index (χ0v) is 8.36. The van der Waals surface area contributed by atoms with E-state index in [1.807, 2.05) is 11.4 Å². The quantitative estimate of drug-likeness (QED) is 0.662. The topological polar surface area (TPSA) is 37.4 Å². The number of hydrogen-bond acceptors (Lipinski definition) is 4. The van der Waals surface area contributed by atoms with Gasteiger partial charge in [-0.05, 0) is 11.4 Å². The number of thiophene rings is 1. The number of amides is 2. The molecule has 1 fully saturated rings. The van der Waals surface area contributed by atoms with Crippen molar-refractivity contribution >= 4 is 34.9 Å². The molecule has 3 nitrogen and oxygen atoms in total. The van der Waals surface area contributed by atoms with Gasteiger partial charge in [-0.1, -0.05) is 6.07 Å². The van der Waals surface area contributed by atoms with Crippen molar-refractivity contribution in [2.24, 2.45) is 0 Å². The van der Waals surface area contributed by atoms with Crippen LogP contribution in [-0.2, 0) is 4.79 Å². The minimum atomic E-state index is -0.162. The van der Waals surface area contributed by atoms with E-state index in [0.717, 1.165) is 0 Å². The summed E-state index contributed by atoms with van der Waals surface area (Å²) in [5.74, 6) is 0.681. The molecule has 0 spiro atoms. The van der Waals surface area contributed by atoms with E-state index in [9.17, 15) is 9.59 Å². The van der Waals surface area contributed by atoms with Crippen molar-refractivity contribution in [2.75, 3.05) is 11.6 Å². The number of hydrogen-bond donors (Lipinski definition) is 0. The maximum absolute atomic E-state index is 11.6. The molecule has 68 valence electrons. The molecule has 0 saturated carbocycles. The van der Waals surface area contributed by atoms with Crippen molar-refractivity contribution < 1.29 is 9.59 Å². The van der Waals surface area contributed by atoms with E-state index in [1.54, 1.807) is 6.07 Å². The highest BCUT2D eigenvalue weighted by molar-refractivity contribution is 8.00. The van der Waals surface area contributed by atoms with E-state index < -0.39 is 0 Å². The summed E-state index contributed by atoms with van der Waals surface area (Å²) in [6, 6.07) is 3.55. The first-order valence-corrected chi connectivity index (χ1v) is 5.78. The first-order valence-electron chi connectivity index (χ1n) is 3.75. The lowest BCUT2D eigenvalue weighted by molar-refractivity contribution is -0.124. The Hall–Kier alpha value is -0.810. The Kier molecular flexibility index (Phi) is 2.37. The average Bonchev–Trinajstić information content (AvgIpc) is 2.72. The van der Waals surface area contributed by atoms with Gasteiger partial charge in [-0.3, -0.25) is 14.5 Å². The largest absolute Gasteiger partial charge is 0.273 e. The van der Waals surface area contributed by atoms with E-state index in [1.165, 1.54) is 28.0 Å². The Labute approximate surface area is 83.7 Å². The third-order valence-electron chi connectivity index (χ3n) is 1.72. The van der Waals surface area contributed by atoms with Gasteiger partial charge in [-0.25, -0.2) is 0 Å². The molecule has 0 aromatic carbocycles. The van der Waals surface area contributed by atoms with Crippen molar-refractivity contribution in [3.63, 3.8) is 0 Å². The maximum atomic E-state index is 11.6. The molecule has 1 aliphatic heterocycles. The standard InChI is InChI=1S/C8H7NO2S2/c10-7-4-12-5-9(7)8(11)6-2-1-3-13-6/h1-3H,4-5H2. The highest BCUT2D eigenvalue weighted by Gasteiger charge is 2.28. The highest BCUT2D eigenvalue weighted by Crippen LogP contribution is 2.20. The molecule has 0 unspecified atom stereocenters. The Bertz CT molecular complexity index is 334. The van der Waals surface area contributed by atoms with Crippen molar-refractivity contribution in [3.05, 3.63) is 22.4 Å². The van der Waals surface area contributed by atoms with Crippen LogP contribution in [0, 0.1) is 0 Å². The molecule has 0 bridgehead atoms. The van der Waals surface area contributed by atoms with E-state index in [2.05, 4.69) is 0 Å². The first kappa shape index (κ1) is 8.77. The van der Waals surface area contributed by atoms with Gasteiger partial charge < -0.3 is 0 Å². The number of rotatable bonds is 1. The van der Waals surface area contributed by atoms with Gasteiger partial charge in [0.25, 0.3) is 5.91 Å². The fraction of sp³-hybridized carbons (Fsp3) is 0.250. The monoisotopic (exact) mass is 213 g/mol. The van der Waals surface area contributed by atoms with Crippen LogP contribution >= 0.6 is 23.1 Å². The molecule has 0 N–H and O–H groups in total. The molecule has 1 saturated heterocycles. The lowest BCUT2D eigenvalue weighted by atomic mass is 10.4. The van der Waals surface area contributed by atoms with Crippen LogP contribution < -0.4 is 0 Å². The second kappa shape index (κ2) is 3.51. The van der Waals surface area contributed by atoms with Crippen LogP contribution in [0.1, 0.15) is 9.67 Å². The Morgan fingerprint density at radius 3 is 2.92 bits per heavy atom. The number of carbonyl (C=O) groups excluding carboxylic acids is 2. The van der Waals surface area contributed by atoms with Crippen LogP contribution in [0.4, 0.5) is 0 Å². The molecular weight excluding hydrogens is 206 g/mol. The third-order valence-corrected chi connectivity index (χ3v) is 3.47. The number of nitrogens with zero attached hydrogens (tertiary/aromatic N) is 1. The van der Waals surface area contributed by atoms with Gasteiger partial charge in [0.15, 0.2) is 0 Å². The second-order valence-electron chi connectivity index (χ2n) is 2.58. The van der Waals surface area contributed by atoms with Crippen molar-refractivity contribution in [2.45, 2.75) is 0 Å². The predicted molar refractivity (Wildman–Crippen MR) is 52.8 cm³/mol. The lowest BCUT2D eigenvalue weighted by Gasteiger charge is -2.10. The molecule has 2 heterocycles. The van der Waals surface area contributed by atoms with Gasteiger partial charge in [-0.2, -0.15) is 0 Å². The summed E-state index contributed by atoms with van der Waals surface area (Å²) in [5.41, 5.74) is 0. The Morgan fingerprint density at radius 2 is 2.38 bits per heavy atom. The van der Waals surface area contributed by atoms with Crippen LogP contribution in [0.3, 0.4) is 0 Å². The van der Waals surface area contributed by atoms with Crippen LogP contribution in [0.2, 0.25) is 0 Å². The van der Waals surface area contributed by atoms with Crippen LogP contribution in [0.15, 0.2) is 17.5 Å². The van der Waals surface area contributed by atoms with Crippen LogP contribution in [0.25, 0.3) is 0 Å². The molecule has 0 radical (unpaired) electrons. The van der Waals surface area contributed by atoms with Gasteiger partial charge in [-0.15, -0.1) is 23.1 Å².